The van der Waals surface area contributed by atoms with E-state index in [0.717, 1.165) is 0 Å². The van der Waals surface area contributed by atoms with Crippen molar-refractivity contribution < 1.29 is 18.0 Å². The molecule has 0 saturated carbocycles. The number of nitrogens with one attached hydrogen (secondary N) is 1. The number of halogens is 1. The summed E-state index contributed by atoms with van der Waals surface area (Å²) in [5.41, 5.74) is 5.08. The molecule has 116 valence electrons. The maximum atomic E-state index is 12.2. The number of primary amides is 1. The van der Waals surface area contributed by atoms with E-state index in [2.05, 4.69) is 4.72 Å². The molecule has 0 spiro atoms. The number of benzene rings is 1. The van der Waals surface area contributed by atoms with Crippen molar-refractivity contribution in [3.63, 3.8) is 0 Å². The van der Waals surface area contributed by atoms with E-state index >= 15 is 0 Å². The molecule has 3 N–H and O–H groups in total. The molecule has 0 unspecified atom stereocenters. The van der Waals surface area contributed by atoms with Crippen LogP contribution in [0.25, 0.3) is 0 Å². The highest BCUT2D eigenvalue weighted by atomic mass is 35.5. The summed E-state index contributed by atoms with van der Waals surface area (Å²) >= 11 is 5.74. The Morgan fingerprint density at radius 3 is 2.38 bits per heavy atom. The lowest BCUT2D eigenvalue weighted by Crippen LogP contribution is -2.40. The first kappa shape index (κ1) is 17.3. The highest BCUT2D eigenvalue weighted by molar-refractivity contribution is 7.94. The van der Waals surface area contributed by atoms with Gasteiger partial charge in [-0.1, -0.05) is 11.6 Å². The number of amides is 2. The molecule has 0 radical (unpaired) electrons. The van der Waals surface area contributed by atoms with Gasteiger partial charge in [-0.05, 0) is 25.1 Å². The summed E-state index contributed by atoms with van der Waals surface area (Å²) in [5, 5.41) is -1.08. The van der Waals surface area contributed by atoms with Crippen molar-refractivity contribution in [3.8, 4) is 0 Å². The number of hydrogen-bond donors (Lipinski definition) is 2. The third-order valence-electron chi connectivity index (χ3n) is 2.75. The first-order valence-corrected chi connectivity index (χ1v) is 7.81. The summed E-state index contributed by atoms with van der Waals surface area (Å²) in [4.78, 5) is 24.2. The van der Waals surface area contributed by atoms with E-state index in [9.17, 15) is 18.0 Å². The fourth-order valence-corrected chi connectivity index (χ4v) is 2.86. The van der Waals surface area contributed by atoms with E-state index in [-0.39, 0.29) is 16.3 Å². The monoisotopic (exact) mass is 333 g/mol. The molecule has 1 rings (SSSR count). The molecule has 7 nitrogen and oxygen atoms in total. The van der Waals surface area contributed by atoms with Gasteiger partial charge in [0.25, 0.3) is 5.91 Å². The molecule has 9 heteroatoms. The van der Waals surface area contributed by atoms with E-state index in [4.69, 9.17) is 17.3 Å². The Morgan fingerprint density at radius 2 is 1.90 bits per heavy atom. The van der Waals surface area contributed by atoms with Crippen LogP contribution in [0.2, 0.25) is 5.02 Å². The normalized spacial score (nSPS) is 12.6. The van der Waals surface area contributed by atoms with Gasteiger partial charge in [-0.25, -0.2) is 8.42 Å². The van der Waals surface area contributed by atoms with Crippen LogP contribution in [-0.2, 0) is 14.8 Å². The fraction of sp³-hybridized carbons (Fsp3) is 0.333. The quantitative estimate of drug-likeness (QED) is 0.824. The molecular weight excluding hydrogens is 318 g/mol. The Morgan fingerprint density at radius 1 is 1.33 bits per heavy atom. The van der Waals surface area contributed by atoms with E-state index in [1.165, 1.54) is 44.1 Å². The zero-order valence-corrected chi connectivity index (χ0v) is 13.3. The van der Waals surface area contributed by atoms with Crippen LogP contribution in [0.4, 0.5) is 5.69 Å². The first-order valence-electron chi connectivity index (χ1n) is 5.88. The molecule has 0 aliphatic heterocycles. The molecule has 1 aromatic rings. The Kier molecular flexibility index (Phi) is 5.19. The van der Waals surface area contributed by atoms with Crippen molar-refractivity contribution in [2.24, 2.45) is 5.73 Å². The van der Waals surface area contributed by atoms with Crippen LogP contribution < -0.4 is 10.5 Å². The lowest BCUT2D eigenvalue weighted by atomic mass is 10.2. The van der Waals surface area contributed by atoms with Crippen LogP contribution >= 0.6 is 11.6 Å². The average Bonchev–Trinajstić information content (AvgIpc) is 2.38. The van der Waals surface area contributed by atoms with Gasteiger partial charge in [0.15, 0.2) is 5.25 Å². The maximum Gasteiger partial charge on any atom is 0.250 e. The van der Waals surface area contributed by atoms with E-state index in [1.807, 2.05) is 0 Å². The van der Waals surface area contributed by atoms with Crippen molar-refractivity contribution in [3.05, 3.63) is 28.8 Å². The summed E-state index contributed by atoms with van der Waals surface area (Å²) in [6.07, 6.45) is 0. The topological polar surface area (TPSA) is 110 Å². The molecule has 1 aromatic carbocycles. The van der Waals surface area contributed by atoms with Crippen molar-refractivity contribution in [1.29, 1.82) is 0 Å². The Bertz CT molecular complexity index is 673. The SMILES string of the molecule is C[C@H](C(=O)N(C)C)S(=O)(=O)Nc1ccc(Cl)cc1C(N)=O. The van der Waals surface area contributed by atoms with Crippen molar-refractivity contribution in [2.45, 2.75) is 12.2 Å². The Hall–Kier alpha value is -1.80. The summed E-state index contributed by atoms with van der Waals surface area (Å²) in [6.45, 7) is 1.25. The fourth-order valence-electron chi connectivity index (χ4n) is 1.55. The molecule has 21 heavy (non-hydrogen) atoms. The lowest BCUT2D eigenvalue weighted by Gasteiger charge is -2.19. The summed E-state index contributed by atoms with van der Waals surface area (Å²) in [5.74, 6) is -1.42. The second-order valence-corrected chi connectivity index (χ2v) is 7.01. The molecule has 0 fully saturated rings. The molecular formula is C12H16ClN3O4S. The minimum atomic E-state index is -4.02. The second kappa shape index (κ2) is 6.31. The van der Waals surface area contributed by atoms with Crippen LogP contribution in [0.3, 0.4) is 0 Å². The van der Waals surface area contributed by atoms with Gasteiger partial charge in [0.2, 0.25) is 15.9 Å². The second-order valence-electron chi connectivity index (χ2n) is 4.58. The number of sulfonamides is 1. The van der Waals surface area contributed by atoms with Crippen LogP contribution in [0, 0.1) is 0 Å². The number of nitrogens with two attached hydrogens (primary N) is 1. The first-order chi connectivity index (χ1) is 9.56. The van der Waals surface area contributed by atoms with Gasteiger partial charge in [-0.3, -0.25) is 14.3 Å². The van der Waals surface area contributed by atoms with Crippen LogP contribution in [-0.4, -0.2) is 44.5 Å². The van der Waals surface area contributed by atoms with Crippen molar-refractivity contribution in [2.75, 3.05) is 18.8 Å². The molecule has 0 aliphatic rings. The van der Waals surface area contributed by atoms with Crippen molar-refractivity contribution in [1.82, 2.24) is 4.90 Å². The third-order valence-corrected chi connectivity index (χ3v) is 4.63. The molecule has 0 aliphatic carbocycles. The number of anilines is 1. The zero-order chi connectivity index (χ0) is 16.4. The number of nitrogens with zero attached hydrogens (tertiary/aromatic N) is 1. The van der Waals surface area contributed by atoms with Gasteiger partial charge in [0, 0.05) is 19.1 Å². The van der Waals surface area contributed by atoms with Crippen LogP contribution in [0.5, 0.6) is 0 Å². The number of carbonyl (C=O) groups excluding carboxylic acids is 2. The van der Waals surface area contributed by atoms with Crippen molar-refractivity contribution >= 4 is 39.1 Å². The van der Waals surface area contributed by atoms with E-state index in [0.29, 0.717) is 0 Å². The molecule has 0 aromatic heterocycles. The van der Waals surface area contributed by atoms with E-state index in [1.54, 1.807) is 0 Å². The molecule has 0 heterocycles. The van der Waals surface area contributed by atoms with Gasteiger partial charge < -0.3 is 10.6 Å². The van der Waals surface area contributed by atoms with Gasteiger partial charge in [-0.15, -0.1) is 0 Å². The van der Waals surface area contributed by atoms with Gasteiger partial charge in [0.1, 0.15) is 0 Å². The summed E-state index contributed by atoms with van der Waals surface area (Å²) < 4.78 is 26.5. The zero-order valence-electron chi connectivity index (χ0n) is 11.8. The summed E-state index contributed by atoms with van der Waals surface area (Å²) in [7, 11) is -1.12. The standard InChI is InChI=1S/C12H16ClN3O4S/c1-7(12(18)16(2)3)21(19,20)15-10-5-4-8(13)6-9(10)11(14)17/h4-7,15H,1-3H3,(H2,14,17)/t7-/m1/s1. The number of rotatable bonds is 5. The summed E-state index contributed by atoms with van der Waals surface area (Å²) in [6, 6.07) is 3.97. The predicted octanol–water partition coefficient (Wildman–Crippen LogP) is 0.657. The number of carbonyl (C=O) groups is 2. The van der Waals surface area contributed by atoms with E-state index < -0.39 is 27.1 Å². The minimum Gasteiger partial charge on any atom is -0.366 e. The van der Waals surface area contributed by atoms with Crippen LogP contribution in [0.15, 0.2) is 18.2 Å². The molecule has 0 saturated heterocycles. The average molecular weight is 334 g/mol. The lowest BCUT2D eigenvalue weighted by molar-refractivity contribution is -0.127. The molecule has 0 bridgehead atoms. The Labute approximate surface area is 128 Å². The number of hydrogen-bond acceptors (Lipinski definition) is 4. The minimum absolute atomic E-state index is 0.0229. The highest BCUT2D eigenvalue weighted by Crippen LogP contribution is 2.22. The largest absolute Gasteiger partial charge is 0.366 e. The van der Waals surface area contributed by atoms with Gasteiger partial charge in [0.05, 0.1) is 11.3 Å². The predicted molar refractivity (Wildman–Crippen MR) is 80.7 cm³/mol. The van der Waals surface area contributed by atoms with Gasteiger partial charge in [-0.2, -0.15) is 0 Å². The molecule has 2 amide bonds. The van der Waals surface area contributed by atoms with Gasteiger partial charge >= 0.3 is 0 Å². The highest BCUT2D eigenvalue weighted by Gasteiger charge is 2.30. The van der Waals surface area contributed by atoms with Crippen LogP contribution in [0.1, 0.15) is 17.3 Å². The molecule has 1 atom stereocenters. The third kappa shape index (κ3) is 4.08. The Balaban J connectivity index is 3.16. The maximum absolute atomic E-state index is 12.2. The smallest absolute Gasteiger partial charge is 0.250 e.